The van der Waals surface area contributed by atoms with Crippen molar-refractivity contribution < 1.29 is 19.4 Å². The van der Waals surface area contributed by atoms with E-state index in [-0.39, 0.29) is 18.9 Å². The van der Waals surface area contributed by atoms with E-state index in [2.05, 4.69) is 9.97 Å². The number of esters is 1. The zero-order valence-electron chi connectivity index (χ0n) is 11.7. The second kappa shape index (κ2) is 6.57. The van der Waals surface area contributed by atoms with Crippen molar-refractivity contribution >= 4 is 34.9 Å². The minimum absolute atomic E-state index is 0.0389. The summed E-state index contributed by atoms with van der Waals surface area (Å²) in [4.78, 5) is 31.1. The first-order chi connectivity index (χ1) is 10.0. The summed E-state index contributed by atoms with van der Waals surface area (Å²) in [6.45, 7) is 3.82. The van der Waals surface area contributed by atoms with E-state index in [1.165, 1.54) is 0 Å². The van der Waals surface area contributed by atoms with Crippen molar-refractivity contribution in [3.8, 4) is 0 Å². The van der Waals surface area contributed by atoms with E-state index < -0.39 is 11.9 Å². The maximum Gasteiger partial charge on any atom is 0.326 e. The van der Waals surface area contributed by atoms with Gasteiger partial charge in [0.2, 0.25) is 0 Å². The van der Waals surface area contributed by atoms with Gasteiger partial charge in [0, 0.05) is 5.69 Å². The molecule has 0 bridgehead atoms. The predicted octanol–water partition coefficient (Wildman–Crippen LogP) is 1.48. The van der Waals surface area contributed by atoms with E-state index in [9.17, 15) is 9.59 Å². The molecule has 2 rings (SSSR count). The van der Waals surface area contributed by atoms with Gasteiger partial charge in [0.1, 0.15) is 12.1 Å². The third-order valence-electron chi connectivity index (χ3n) is 2.61. The Hall–Kier alpha value is -2.09. The lowest BCUT2D eigenvalue weighted by Gasteiger charge is -2.07. The van der Waals surface area contributed by atoms with Crippen molar-refractivity contribution in [2.75, 3.05) is 12.4 Å². The molecule has 0 aliphatic rings. The highest BCUT2D eigenvalue weighted by Crippen LogP contribution is 2.23. The highest BCUT2D eigenvalue weighted by molar-refractivity contribution is 7.99. The van der Waals surface area contributed by atoms with Crippen LogP contribution in [0.5, 0.6) is 0 Å². The number of hydrogen-bond donors (Lipinski definition) is 1. The number of hydrogen-bond acceptors (Lipinski definition) is 6. The smallest absolute Gasteiger partial charge is 0.326 e. The molecule has 112 valence electrons. The van der Waals surface area contributed by atoms with Gasteiger partial charge < -0.3 is 9.84 Å². The van der Waals surface area contributed by atoms with Gasteiger partial charge in [-0.1, -0.05) is 11.8 Å². The Morgan fingerprint density at radius 2 is 2.14 bits per heavy atom. The molecule has 0 fully saturated rings. The molecule has 0 aromatic carbocycles. The first kappa shape index (κ1) is 15.3. The summed E-state index contributed by atoms with van der Waals surface area (Å²) in [5.41, 5.74) is 1.97. The van der Waals surface area contributed by atoms with Crippen LogP contribution in [-0.2, 0) is 20.9 Å². The number of aromatic nitrogens is 3. The molecule has 2 aromatic heterocycles. The zero-order valence-corrected chi connectivity index (χ0v) is 12.5. The minimum atomic E-state index is -0.945. The number of aryl methyl sites for hydroxylation is 1. The monoisotopic (exact) mass is 309 g/mol. The van der Waals surface area contributed by atoms with Gasteiger partial charge in [0.25, 0.3) is 0 Å². The quantitative estimate of drug-likeness (QED) is 0.638. The van der Waals surface area contributed by atoms with Crippen LogP contribution in [-0.4, -0.2) is 43.9 Å². The fourth-order valence-electron chi connectivity index (χ4n) is 1.79. The van der Waals surface area contributed by atoms with Crippen LogP contribution < -0.4 is 0 Å². The van der Waals surface area contributed by atoms with Crippen molar-refractivity contribution in [2.45, 2.75) is 25.5 Å². The lowest BCUT2D eigenvalue weighted by Crippen LogP contribution is -2.15. The van der Waals surface area contributed by atoms with Crippen molar-refractivity contribution in [3.05, 3.63) is 17.8 Å². The molecule has 21 heavy (non-hydrogen) atoms. The number of carbonyl (C=O) groups excluding carboxylic acids is 1. The Balaban J connectivity index is 2.40. The van der Waals surface area contributed by atoms with E-state index in [0.29, 0.717) is 16.3 Å². The molecule has 1 N–H and O–H groups in total. The molecule has 0 aliphatic carbocycles. The molecule has 2 aromatic rings. The van der Waals surface area contributed by atoms with E-state index in [0.717, 1.165) is 17.5 Å². The molecule has 0 aliphatic heterocycles. The van der Waals surface area contributed by atoms with Crippen LogP contribution in [0.3, 0.4) is 0 Å². The van der Waals surface area contributed by atoms with E-state index >= 15 is 0 Å². The standard InChI is InChI=1S/C13H15N3O4S/c1-3-20-11(19)6-16-12-9(5-4-8(2)14-12)15-13(16)21-7-10(17)18/h4-5H,3,6-7H2,1-2H3,(H,17,18). The van der Waals surface area contributed by atoms with E-state index in [1.54, 1.807) is 17.6 Å². The van der Waals surface area contributed by atoms with Crippen LogP contribution in [0.4, 0.5) is 0 Å². The number of carbonyl (C=O) groups is 2. The number of carboxylic acid groups (broad SMARTS) is 1. The summed E-state index contributed by atoms with van der Waals surface area (Å²) < 4.78 is 6.53. The number of thioether (sulfide) groups is 1. The van der Waals surface area contributed by atoms with Gasteiger partial charge in [0.15, 0.2) is 10.8 Å². The zero-order chi connectivity index (χ0) is 15.4. The van der Waals surface area contributed by atoms with Crippen LogP contribution in [0.15, 0.2) is 17.3 Å². The van der Waals surface area contributed by atoms with E-state index in [4.69, 9.17) is 9.84 Å². The number of imidazole rings is 1. The second-order valence-corrected chi connectivity index (χ2v) is 5.21. The number of pyridine rings is 1. The SMILES string of the molecule is CCOC(=O)Cn1c(SCC(=O)O)nc2ccc(C)nc21. The largest absolute Gasteiger partial charge is 0.481 e. The number of fused-ring (bicyclic) bond motifs is 1. The van der Waals surface area contributed by atoms with Crippen molar-refractivity contribution in [1.82, 2.24) is 14.5 Å². The van der Waals surface area contributed by atoms with Gasteiger partial charge in [-0.2, -0.15) is 0 Å². The number of aliphatic carboxylic acids is 1. The van der Waals surface area contributed by atoms with Crippen molar-refractivity contribution in [1.29, 1.82) is 0 Å². The fraction of sp³-hybridized carbons (Fsp3) is 0.385. The summed E-state index contributed by atoms with van der Waals surface area (Å²) in [7, 11) is 0. The Morgan fingerprint density at radius 3 is 2.81 bits per heavy atom. The van der Waals surface area contributed by atoms with Crippen LogP contribution in [0.2, 0.25) is 0 Å². The molecular weight excluding hydrogens is 294 g/mol. The van der Waals surface area contributed by atoms with Gasteiger partial charge in [-0.15, -0.1) is 0 Å². The third kappa shape index (κ3) is 3.72. The summed E-state index contributed by atoms with van der Waals surface area (Å²) in [6, 6.07) is 3.61. The minimum Gasteiger partial charge on any atom is -0.481 e. The van der Waals surface area contributed by atoms with Crippen LogP contribution in [0.25, 0.3) is 11.2 Å². The first-order valence-corrected chi connectivity index (χ1v) is 7.34. The maximum atomic E-state index is 11.7. The summed E-state index contributed by atoms with van der Waals surface area (Å²) in [6.07, 6.45) is 0. The normalized spacial score (nSPS) is 10.8. The van der Waals surface area contributed by atoms with Crippen LogP contribution >= 0.6 is 11.8 Å². The number of carboxylic acids is 1. The average molecular weight is 309 g/mol. The molecule has 0 unspecified atom stereocenters. The summed E-state index contributed by atoms with van der Waals surface area (Å²) in [5, 5.41) is 9.23. The topological polar surface area (TPSA) is 94.3 Å². The lowest BCUT2D eigenvalue weighted by atomic mass is 10.3. The fourth-order valence-corrected chi connectivity index (χ4v) is 2.51. The van der Waals surface area contributed by atoms with Crippen LogP contribution in [0.1, 0.15) is 12.6 Å². The lowest BCUT2D eigenvalue weighted by molar-refractivity contribution is -0.143. The molecule has 0 saturated carbocycles. The summed E-state index contributed by atoms with van der Waals surface area (Å²) in [5.74, 6) is -1.48. The Morgan fingerprint density at radius 1 is 1.38 bits per heavy atom. The van der Waals surface area contributed by atoms with Gasteiger partial charge in [-0.3, -0.25) is 14.2 Å². The van der Waals surface area contributed by atoms with Gasteiger partial charge >= 0.3 is 11.9 Å². The number of rotatable bonds is 6. The van der Waals surface area contributed by atoms with Crippen molar-refractivity contribution in [3.63, 3.8) is 0 Å². The second-order valence-electron chi connectivity index (χ2n) is 4.26. The molecule has 0 saturated heterocycles. The molecule has 0 amide bonds. The van der Waals surface area contributed by atoms with E-state index in [1.807, 2.05) is 13.0 Å². The van der Waals surface area contributed by atoms with Crippen LogP contribution in [0, 0.1) is 6.92 Å². The van der Waals surface area contributed by atoms with Gasteiger partial charge in [-0.25, -0.2) is 9.97 Å². The molecule has 2 heterocycles. The Kier molecular flexibility index (Phi) is 4.79. The van der Waals surface area contributed by atoms with Gasteiger partial charge in [-0.05, 0) is 26.0 Å². The number of nitrogens with zero attached hydrogens (tertiary/aromatic N) is 3. The number of ether oxygens (including phenoxy) is 1. The third-order valence-corrected chi connectivity index (χ3v) is 3.57. The Labute approximate surface area is 125 Å². The molecule has 8 heteroatoms. The average Bonchev–Trinajstić information content (AvgIpc) is 2.74. The van der Waals surface area contributed by atoms with Crippen molar-refractivity contribution in [2.24, 2.45) is 0 Å². The highest BCUT2D eigenvalue weighted by atomic mass is 32.2. The maximum absolute atomic E-state index is 11.7. The summed E-state index contributed by atoms with van der Waals surface area (Å²) >= 11 is 1.05. The highest BCUT2D eigenvalue weighted by Gasteiger charge is 2.17. The molecule has 0 atom stereocenters. The molecular formula is C13H15N3O4S. The molecule has 7 nitrogen and oxygen atoms in total. The molecule has 0 radical (unpaired) electrons. The predicted molar refractivity (Wildman–Crippen MR) is 77.3 cm³/mol. The first-order valence-electron chi connectivity index (χ1n) is 6.35. The van der Waals surface area contributed by atoms with Gasteiger partial charge in [0.05, 0.1) is 12.4 Å². The Bertz CT molecular complexity index is 683. The molecule has 0 spiro atoms.